The predicted molar refractivity (Wildman–Crippen MR) is 145 cm³/mol. The number of hydrogen-bond donors (Lipinski definition) is 2. The molecule has 0 aliphatic carbocycles. The van der Waals surface area contributed by atoms with Crippen LogP contribution in [0.25, 0.3) is 0 Å². The molecule has 0 saturated carbocycles. The summed E-state index contributed by atoms with van der Waals surface area (Å²) in [6, 6.07) is 13.9. The van der Waals surface area contributed by atoms with E-state index in [4.69, 9.17) is 4.74 Å². The first-order valence-corrected chi connectivity index (χ1v) is 12.8. The molecule has 37 heavy (non-hydrogen) atoms. The largest absolute Gasteiger partial charge is 0.497 e. The molecule has 1 fully saturated rings. The molecular weight excluding hydrogens is 468 g/mol. The Labute approximate surface area is 217 Å². The molecule has 2 aromatic carbocycles. The smallest absolute Gasteiger partial charge is 0.276 e. The number of fused-ring (bicyclic) bond motifs is 1. The number of carbonyl (C=O) groups is 2. The Morgan fingerprint density at radius 3 is 2.54 bits per heavy atom. The topological polar surface area (TPSA) is 93.8 Å². The van der Waals surface area contributed by atoms with Crippen LogP contribution >= 0.6 is 0 Å². The summed E-state index contributed by atoms with van der Waals surface area (Å²) in [5.41, 5.74) is 5.95. The van der Waals surface area contributed by atoms with Gasteiger partial charge in [-0.1, -0.05) is 12.1 Å². The van der Waals surface area contributed by atoms with Crippen molar-refractivity contribution < 1.29 is 14.3 Å². The Morgan fingerprint density at radius 2 is 1.81 bits per heavy atom. The monoisotopic (exact) mass is 502 g/mol. The van der Waals surface area contributed by atoms with Gasteiger partial charge in [0.1, 0.15) is 11.4 Å². The van der Waals surface area contributed by atoms with Gasteiger partial charge in [0.25, 0.3) is 5.91 Å². The summed E-state index contributed by atoms with van der Waals surface area (Å²) in [7, 11) is 1.61. The van der Waals surface area contributed by atoms with Crippen LogP contribution in [0.15, 0.2) is 42.5 Å². The van der Waals surface area contributed by atoms with E-state index < -0.39 is 0 Å². The molecule has 5 rings (SSSR count). The number of anilines is 3. The second kappa shape index (κ2) is 10.6. The number of benzene rings is 2. The van der Waals surface area contributed by atoms with E-state index in [0.29, 0.717) is 37.4 Å². The molecule has 2 aliphatic rings. The highest BCUT2D eigenvalue weighted by Crippen LogP contribution is 2.29. The molecule has 0 bridgehead atoms. The maximum absolute atomic E-state index is 13.1. The lowest BCUT2D eigenvalue weighted by atomic mass is 10.0. The lowest BCUT2D eigenvalue weighted by molar-refractivity contribution is -0.116. The van der Waals surface area contributed by atoms with Gasteiger partial charge >= 0.3 is 0 Å². The maximum Gasteiger partial charge on any atom is 0.276 e. The van der Waals surface area contributed by atoms with Crippen LogP contribution in [0, 0.1) is 13.8 Å². The molecule has 0 radical (unpaired) electrons. The molecule has 1 aromatic heterocycles. The summed E-state index contributed by atoms with van der Waals surface area (Å²) in [4.78, 5) is 32.3. The molecule has 0 atom stereocenters. The second-order valence-corrected chi connectivity index (χ2v) is 9.68. The number of aromatic amines is 1. The number of H-pyrrole nitrogens is 1. The zero-order valence-corrected chi connectivity index (χ0v) is 21.7. The van der Waals surface area contributed by atoms with Gasteiger partial charge in [0.15, 0.2) is 5.82 Å². The Hall–Kier alpha value is -3.85. The first kappa shape index (κ1) is 24.8. The summed E-state index contributed by atoms with van der Waals surface area (Å²) >= 11 is 0. The molecule has 2 amide bonds. The maximum atomic E-state index is 13.1. The first-order valence-electron chi connectivity index (χ1n) is 12.8. The number of amides is 2. The van der Waals surface area contributed by atoms with Gasteiger partial charge in [-0.15, -0.1) is 0 Å². The molecule has 194 valence electrons. The molecule has 9 heteroatoms. The van der Waals surface area contributed by atoms with E-state index in [1.165, 1.54) is 16.8 Å². The fourth-order valence-electron chi connectivity index (χ4n) is 5.10. The van der Waals surface area contributed by atoms with E-state index in [9.17, 15) is 9.59 Å². The minimum Gasteiger partial charge on any atom is -0.497 e. The summed E-state index contributed by atoms with van der Waals surface area (Å²) in [6.07, 6.45) is 0.997. The summed E-state index contributed by atoms with van der Waals surface area (Å²) in [5, 5.41) is 10.0. The fraction of sp³-hybridized carbons (Fsp3) is 0.393. The number of rotatable bonds is 7. The van der Waals surface area contributed by atoms with Gasteiger partial charge in [-0.3, -0.25) is 19.6 Å². The summed E-state index contributed by atoms with van der Waals surface area (Å²) in [6.45, 7) is 9.30. The minimum absolute atomic E-state index is 0.0868. The second-order valence-electron chi connectivity index (χ2n) is 9.68. The molecule has 3 heterocycles. The van der Waals surface area contributed by atoms with Crippen LogP contribution in [-0.2, 0) is 11.2 Å². The van der Waals surface area contributed by atoms with Gasteiger partial charge < -0.3 is 19.9 Å². The third kappa shape index (κ3) is 5.17. The van der Waals surface area contributed by atoms with Gasteiger partial charge in [-0.05, 0) is 61.7 Å². The highest BCUT2D eigenvalue weighted by Gasteiger charge is 2.30. The Morgan fingerprint density at radius 1 is 1.05 bits per heavy atom. The number of aryl methyl sites for hydroxylation is 1. The van der Waals surface area contributed by atoms with Crippen LogP contribution in [0.3, 0.4) is 0 Å². The van der Waals surface area contributed by atoms with Crippen LogP contribution in [0.5, 0.6) is 5.75 Å². The number of ether oxygens (including phenoxy) is 1. The third-order valence-electron chi connectivity index (χ3n) is 7.50. The molecule has 2 aliphatic heterocycles. The van der Waals surface area contributed by atoms with Crippen molar-refractivity contribution in [3.8, 4) is 5.75 Å². The normalized spacial score (nSPS) is 16.0. The van der Waals surface area contributed by atoms with Crippen LogP contribution < -0.4 is 19.9 Å². The van der Waals surface area contributed by atoms with Gasteiger partial charge in [-0.2, -0.15) is 5.10 Å². The van der Waals surface area contributed by atoms with E-state index in [1.807, 2.05) is 24.3 Å². The average molecular weight is 503 g/mol. The van der Waals surface area contributed by atoms with Gasteiger partial charge in [0, 0.05) is 62.6 Å². The number of hydrogen-bond acceptors (Lipinski definition) is 6. The van der Waals surface area contributed by atoms with E-state index in [-0.39, 0.29) is 11.8 Å². The molecule has 3 aromatic rings. The van der Waals surface area contributed by atoms with Crippen molar-refractivity contribution in [1.82, 2.24) is 15.1 Å². The zero-order chi connectivity index (χ0) is 25.9. The number of carbonyl (C=O) groups excluding carboxylic acids is 2. The fourth-order valence-corrected chi connectivity index (χ4v) is 5.10. The molecule has 1 saturated heterocycles. The number of aromatic nitrogens is 2. The van der Waals surface area contributed by atoms with Crippen molar-refractivity contribution in [3.63, 3.8) is 0 Å². The van der Waals surface area contributed by atoms with Crippen molar-refractivity contribution in [2.24, 2.45) is 0 Å². The molecule has 0 unspecified atom stereocenters. The minimum atomic E-state index is -0.152. The number of nitrogens with one attached hydrogen (secondary N) is 2. The van der Waals surface area contributed by atoms with E-state index >= 15 is 0 Å². The SMILES string of the molecule is COc1ccc(N2CCc3c(NC(=O)CCN4CCN(c5cccc(C)c5C)CC4)n[nH]c3C2=O)cc1. The summed E-state index contributed by atoms with van der Waals surface area (Å²) in [5.74, 6) is 0.962. The lowest BCUT2D eigenvalue weighted by Crippen LogP contribution is -2.47. The Balaban J connectivity index is 1.13. The van der Waals surface area contributed by atoms with Crippen molar-refractivity contribution >= 4 is 29.0 Å². The Kier molecular flexibility index (Phi) is 7.14. The van der Waals surface area contributed by atoms with Crippen LogP contribution in [0.4, 0.5) is 17.2 Å². The third-order valence-corrected chi connectivity index (χ3v) is 7.50. The van der Waals surface area contributed by atoms with Crippen molar-refractivity contribution in [3.05, 3.63) is 64.8 Å². The van der Waals surface area contributed by atoms with Crippen LogP contribution in [0.2, 0.25) is 0 Å². The standard InChI is InChI=1S/C28H34N6O3/c1-19-5-4-6-24(20(19)2)33-17-15-32(16-18-33)13-12-25(35)29-27-23-11-14-34(28(36)26(23)30-31-27)21-7-9-22(37-3)10-8-21/h4-10H,11-18H2,1-3H3,(H2,29,30,31,35). The van der Waals surface area contributed by atoms with E-state index in [2.05, 4.69) is 57.4 Å². The highest BCUT2D eigenvalue weighted by atomic mass is 16.5. The van der Waals surface area contributed by atoms with Gasteiger partial charge in [-0.25, -0.2) is 0 Å². The van der Waals surface area contributed by atoms with E-state index in [0.717, 1.165) is 43.2 Å². The highest BCUT2D eigenvalue weighted by molar-refractivity contribution is 6.08. The summed E-state index contributed by atoms with van der Waals surface area (Å²) < 4.78 is 5.20. The first-order chi connectivity index (χ1) is 17.9. The predicted octanol–water partition coefficient (Wildman–Crippen LogP) is 3.39. The zero-order valence-electron chi connectivity index (χ0n) is 21.7. The van der Waals surface area contributed by atoms with Crippen molar-refractivity contribution in [2.75, 3.05) is 61.5 Å². The Bertz CT molecular complexity index is 1280. The molecule has 9 nitrogen and oxygen atoms in total. The number of piperazine rings is 1. The quantitative estimate of drug-likeness (QED) is 0.515. The van der Waals surface area contributed by atoms with Crippen LogP contribution in [0.1, 0.15) is 33.6 Å². The number of nitrogens with zero attached hydrogens (tertiary/aromatic N) is 4. The lowest BCUT2D eigenvalue weighted by Gasteiger charge is -2.37. The average Bonchev–Trinajstić information content (AvgIpc) is 3.33. The van der Waals surface area contributed by atoms with Gasteiger partial charge in [0.2, 0.25) is 5.91 Å². The number of methoxy groups -OCH3 is 1. The van der Waals surface area contributed by atoms with Gasteiger partial charge in [0.05, 0.1) is 7.11 Å². The molecule has 0 spiro atoms. The molecular formula is C28H34N6O3. The van der Waals surface area contributed by atoms with Crippen molar-refractivity contribution in [1.29, 1.82) is 0 Å². The van der Waals surface area contributed by atoms with Crippen LogP contribution in [-0.4, -0.2) is 73.3 Å². The van der Waals surface area contributed by atoms with Crippen molar-refractivity contribution in [2.45, 2.75) is 26.7 Å². The molecule has 2 N–H and O–H groups in total. The van der Waals surface area contributed by atoms with E-state index in [1.54, 1.807) is 12.0 Å².